The molecule has 0 saturated carbocycles. The quantitative estimate of drug-likeness (QED) is 0.711. The summed E-state index contributed by atoms with van der Waals surface area (Å²) in [5.74, 6) is -0.368. The van der Waals surface area contributed by atoms with E-state index >= 15 is 0 Å². The number of anilines is 1. The van der Waals surface area contributed by atoms with Crippen LogP contribution in [0.5, 0.6) is 0 Å². The molecule has 2 aromatic heterocycles. The fraction of sp³-hybridized carbons (Fsp3) is 0.400. The molecule has 0 fully saturated rings. The number of nitrogens with one attached hydrogen (secondary N) is 2. The molecule has 0 aromatic carbocycles. The molecule has 3 rings (SSSR count). The maximum absolute atomic E-state index is 13.5. The lowest BCUT2D eigenvalue weighted by Crippen LogP contribution is -2.35. The molecular formula is C20H23F2N5O3. The number of hydrogen-bond donors (Lipinski definition) is 2. The van der Waals surface area contributed by atoms with Crippen LogP contribution in [0.2, 0.25) is 0 Å². The largest absolute Gasteiger partial charge is 0.444 e. The maximum Gasteiger partial charge on any atom is 0.408 e. The summed E-state index contributed by atoms with van der Waals surface area (Å²) >= 11 is 0. The monoisotopic (exact) mass is 419 g/mol. The average molecular weight is 419 g/mol. The highest BCUT2D eigenvalue weighted by molar-refractivity contribution is 5.95. The molecule has 2 bridgehead atoms. The molecular weight excluding hydrogens is 396 g/mol. The van der Waals surface area contributed by atoms with Crippen molar-refractivity contribution in [3.05, 3.63) is 42.4 Å². The third-order valence-electron chi connectivity index (χ3n) is 4.20. The van der Waals surface area contributed by atoms with Gasteiger partial charge in [0, 0.05) is 18.2 Å². The lowest BCUT2D eigenvalue weighted by atomic mass is 10.0. The van der Waals surface area contributed by atoms with Gasteiger partial charge < -0.3 is 15.4 Å². The number of carbonyl (C=O) groups excluding carboxylic acids is 2. The molecule has 1 aliphatic heterocycles. The standard InChI is InChI=1S/C20H23F2N5O3/c1-20(2,3)30-19(29)26-13-6-4-5-7-16(28)25-15-11-24-27(18(21)22)17(15)12-8-9-23-14(13)10-12/h4-5,8-11,13,18H,6-7H2,1-3H3,(H,25,28)(H,26,29)/b5-4-/t13-/m0/s1. The summed E-state index contributed by atoms with van der Waals surface area (Å²) in [5, 5.41) is 9.08. The molecule has 0 unspecified atom stereocenters. The van der Waals surface area contributed by atoms with Crippen molar-refractivity contribution in [1.82, 2.24) is 20.1 Å². The van der Waals surface area contributed by atoms with E-state index in [1.54, 1.807) is 45.1 Å². The Bertz CT molecular complexity index is 966. The van der Waals surface area contributed by atoms with E-state index in [0.717, 1.165) is 0 Å². The zero-order valence-corrected chi connectivity index (χ0v) is 16.9. The summed E-state index contributed by atoms with van der Waals surface area (Å²) in [5.41, 5.74) is 0.388. The number of hydrogen-bond acceptors (Lipinski definition) is 5. The minimum atomic E-state index is -2.90. The van der Waals surface area contributed by atoms with Crippen molar-refractivity contribution in [3.8, 4) is 11.3 Å². The number of nitrogens with zero attached hydrogens (tertiary/aromatic N) is 3. The smallest absolute Gasteiger partial charge is 0.408 e. The summed E-state index contributed by atoms with van der Waals surface area (Å²) in [7, 11) is 0. The number of pyridine rings is 1. The number of aromatic nitrogens is 3. The van der Waals surface area contributed by atoms with E-state index < -0.39 is 24.3 Å². The molecule has 1 aliphatic rings. The van der Waals surface area contributed by atoms with Gasteiger partial charge in [0.25, 0.3) is 0 Å². The third kappa shape index (κ3) is 5.19. The topological polar surface area (TPSA) is 98.1 Å². The highest BCUT2D eigenvalue weighted by atomic mass is 19.3. The first-order valence-electron chi connectivity index (χ1n) is 9.40. The molecule has 2 aromatic rings. The van der Waals surface area contributed by atoms with Crippen LogP contribution in [0.15, 0.2) is 36.7 Å². The Morgan fingerprint density at radius 3 is 2.83 bits per heavy atom. The van der Waals surface area contributed by atoms with Crippen LogP contribution in [0.3, 0.4) is 0 Å². The fourth-order valence-corrected chi connectivity index (χ4v) is 3.00. The van der Waals surface area contributed by atoms with Crippen LogP contribution in [-0.2, 0) is 9.53 Å². The van der Waals surface area contributed by atoms with Gasteiger partial charge in [-0.3, -0.25) is 9.78 Å². The molecule has 2 amide bonds. The van der Waals surface area contributed by atoms with Crippen LogP contribution < -0.4 is 10.6 Å². The summed E-state index contributed by atoms with van der Waals surface area (Å²) < 4.78 is 32.8. The first-order chi connectivity index (χ1) is 14.1. The van der Waals surface area contributed by atoms with Crippen molar-refractivity contribution in [3.63, 3.8) is 0 Å². The van der Waals surface area contributed by atoms with E-state index in [0.29, 0.717) is 22.4 Å². The second-order valence-electron chi connectivity index (χ2n) is 7.76. The zero-order chi connectivity index (χ0) is 21.9. The zero-order valence-electron chi connectivity index (χ0n) is 16.9. The van der Waals surface area contributed by atoms with Gasteiger partial charge >= 0.3 is 12.6 Å². The number of ether oxygens (including phenoxy) is 1. The van der Waals surface area contributed by atoms with Crippen LogP contribution in [0, 0.1) is 0 Å². The summed E-state index contributed by atoms with van der Waals surface area (Å²) in [6, 6.07) is 2.55. The third-order valence-corrected chi connectivity index (χ3v) is 4.20. The normalized spacial score (nSPS) is 17.9. The number of fused-ring (bicyclic) bond motifs is 4. The first kappa shape index (κ1) is 21.4. The number of halogens is 2. The molecule has 2 N–H and O–H groups in total. The lowest BCUT2D eigenvalue weighted by Gasteiger charge is -2.23. The van der Waals surface area contributed by atoms with Crippen LogP contribution in [0.4, 0.5) is 19.3 Å². The molecule has 0 aliphatic carbocycles. The number of amides is 2. The number of carbonyl (C=O) groups is 2. The van der Waals surface area contributed by atoms with Crippen molar-refractivity contribution in [2.24, 2.45) is 0 Å². The van der Waals surface area contributed by atoms with Gasteiger partial charge in [-0.2, -0.15) is 13.9 Å². The van der Waals surface area contributed by atoms with Crippen LogP contribution in [-0.4, -0.2) is 32.4 Å². The van der Waals surface area contributed by atoms with E-state index in [-0.39, 0.29) is 23.7 Å². The van der Waals surface area contributed by atoms with Crippen molar-refractivity contribution < 1.29 is 23.1 Å². The van der Waals surface area contributed by atoms with Crippen LogP contribution in [0.1, 0.15) is 51.9 Å². The first-order valence-corrected chi connectivity index (χ1v) is 9.40. The molecule has 30 heavy (non-hydrogen) atoms. The highest BCUT2D eigenvalue weighted by Gasteiger charge is 2.24. The van der Waals surface area contributed by atoms with Gasteiger partial charge in [0.2, 0.25) is 5.91 Å². The van der Waals surface area contributed by atoms with Crippen molar-refractivity contribution in [2.75, 3.05) is 5.32 Å². The Hall–Kier alpha value is -3.30. The maximum atomic E-state index is 13.5. The summed E-state index contributed by atoms with van der Waals surface area (Å²) in [6.07, 6.45) is 5.78. The van der Waals surface area contributed by atoms with Crippen molar-refractivity contribution in [1.29, 1.82) is 0 Å². The molecule has 3 heterocycles. The molecule has 0 radical (unpaired) electrons. The molecule has 160 valence electrons. The average Bonchev–Trinajstić information content (AvgIpc) is 3.06. The molecule has 1 atom stereocenters. The molecule has 0 spiro atoms. The van der Waals surface area contributed by atoms with Crippen LogP contribution in [0.25, 0.3) is 11.3 Å². The second-order valence-corrected chi connectivity index (χ2v) is 7.76. The Morgan fingerprint density at radius 1 is 1.37 bits per heavy atom. The van der Waals surface area contributed by atoms with Gasteiger partial charge in [-0.05, 0) is 39.3 Å². The second kappa shape index (κ2) is 8.60. The Labute approximate surface area is 172 Å². The van der Waals surface area contributed by atoms with Gasteiger partial charge in [-0.1, -0.05) is 12.2 Å². The Balaban J connectivity index is 2.03. The SMILES string of the molecule is CC(C)(C)OC(=O)N[C@H]1C/C=C\CC(=O)Nc2cnn(C(F)F)c2-c2ccnc1c2. The number of alkyl carbamates (subject to hydrolysis) is 1. The summed E-state index contributed by atoms with van der Waals surface area (Å²) in [6.45, 7) is 2.35. The minimum Gasteiger partial charge on any atom is -0.444 e. The lowest BCUT2D eigenvalue weighted by molar-refractivity contribution is -0.115. The summed E-state index contributed by atoms with van der Waals surface area (Å²) in [4.78, 5) is 28.8. The molecule has 8 nitrogen and oxygen atoms in total. The van der Waals surface area contributed by atoms with Gasteiger partial charge in [0.15, 0.2) is 0 Å². The van der Waals surface area contributed by atoms with Gasteiger partial charge in [-0.25, -0.2) is 9.48 Å². The van der Waals surface area contributed by atoms with Crippen molar-refractivity contribution >= 4 is 17.7 Å². The van der Waals surface area contributed by atoms with Gasteiger partial charge in [0.1, 0.15) is 5.60 Å². The van der Waals surface area contributed by atoms with Crippen molar-refractivity contribution in [2.45, 2.75) is 51.8 Å². The van der Waals surface area contributed by atoms with Gasteiger partial charge in [0.05, 0.1) is 29.3 Å². The minimum absolute atomic E-state index is 0.0415. The van der Waals surface area contributed by atoms with Crippen LogP contribution >= 0.6 is 0 Å². The van der Waals surface area contributed by atoms with Gasteiger partial charge in [-0.15, -0.1) is 0 Å². The molecule has 0 saturated heterocycles. The Kier molecular flexibility index (Phi) is 6.14. The Morgan fingerprint density at radius 2 is 2.13 bits per heavy atom. The van der Waals surface area contributed by atoms with E-state index in [4.69, 9.17) is 4.74 Å². The van der Waals surface area contributed by atoms with E-state index in [2.05, 4.69) is 20.7 Å². The molecule has 10 heteroatoms. The number of alkyl halides is 2. The fourth-order valence-electron chi connectivity index (χ4n) is 3.00. The number of rotatable bonds is 2. The van der Waals surface area contributed by atoms with E-state index in [9.17, 15) is 18.4 Å². The van der Waals surface area contributed by atoms with E-state index in [1.807, 2.05) is 0 Å². The predicted molar refractivity (Wildman–Crippen MR) is 106 cm³/mol. The predicted octanol–water partition coefficient (Wildman–Crippen LogP) is 4.19. The van der Waals surface area contributed by atoms with E-state index in [1.165, 1.54) is 12.4 Å². The highest BCUT2D eigenvalue weighted by Crippen LogP contribution is 2.33.